The summed E-state index contributed by atoms with van der Waals surface area (Å²) < 4.78 is 0. The zero-order valence-corrected chi connectivity index (χ0v) is 6.05. The lowest BCUT2D eigenvalue weighted by atomic mass is 10.3. The summed E-state index contributed by atoms with van der Waals surface area (Å²) in [4.78, 5) is 0. The first-order chi connectivity index (χ1) is 5.69. The minimum absolute atomic E-state index is 0.100. The summed E-state index contributed by atoms with van der Waals surface area (Å²) in [5.74, 6) is 0.200. The van der Waals surface area contributed by atoms with Crippen molar-refractivity contribution in [2.75, 3.05) is 0 Å². The molecule has 0 spiro atoms. The van der Waals surface area contributed by atoms with Crippen LogP contribution in [0, 0.1) is 22.7 Å². The molecule has 0 aromatic carbocycles. The second kappa shape index (κ2) is 2.72. The lowest BCUT2D eigenvalue weighted by Crippen LogP contribution is -2.36. The molecule has 0 saturated carbocycles. The first-order valence-electron chi connectivity index (χ1n) is 3.02. The van der Waals surface area contributed by atoms with Crippen molar-refractivity contribution in [1.29, 1.82) is 10.5 Å². The van der Waals surface area contributed by atoms with Crippen molar-refractivity contribution >= 4 is 0 Å². The fourth-order valence-electron chi connectivity index (χ4n) is 0.705. The summed E-state index contributed by atoms with van der Waals surface area (Å²) in [5, 5.41) is 21.9. The van der Waals surface area contributed by atoms with Crippen LogP contribution in [0.2, 0.25) is 0 Å². The summed E-state index contributed by atoms with van der Waals surface area (Å²) in [5.41, 5.74) is 11.0. The van der Waals surface area contributed by atoms with Crippen molar-refractivity contribution < 1.29 is 0 Å². The zero-order chi connectivity index (χ0) is 9.14. The van der Waals surface area contributed by atoms with Crippen molar-refractivity contribution in [3.63, 3.8) is 0 Å². The summed E-state index contributed by atoms with van der Waals surface area (Å²) in [6, 6.07) is 3.57. The second-order valence-corrected chi connectivity index (χ2v) is 2.05. The molecule has 1 heterocycles. The number of allylic oxidation sites excluding steroid dienone is 2. The molecule has 6 heteroatoms. The lowest BCUT2D eigenvalue weighted by molar-refractivity contribution is 0.807. The molecule has 0 aromatic heterocycles. The molecule has 0 fully saturated rings. The highest BCUT2D eigenvalue weighted by atomic mass is 15.1. The van der Waals surface area contributed by atoms with E-state index in [0.717, 1.165) is 0 Å². The van der Waals surface area contributed by atoms with Gasteiger partial charge in [-0.25, -0.2) is 0 Å². The van der Waals surface area contributed by atoms with E-state index in [1.807, 2.05) is 0 Å². The maximum atomic E-state index is 8.49. The smallest absolute Gasteiger partial charge is 0.159 e. The minimum atomic E-state index is 0.100. The van der Waals surface area contributed by atoms with Gasteiger partial charge in [0.1, 0.15) is 23.8 Å². The van der Waals surface area contributed by atoms with Gasteiger partial charge in [-0.2, -0.15) is 10.5 Å². The van der Waals surface area contributed by atoms with Gasteiger partial charge in [-0.15, -0.1) is 0 Å². The molecule has 6 nitrogen and oxygen atoms in total. The molecular formula is C6H6N6. The van der Waals surface area contributed by atoms with Crippen LogP contribution in [0.25, 0.3) is 0 Å². The van der Waals surface area contributed by atoms with Gasteiger partial charge in [0.05, 0.1) is 0 Å². The van der Waals surface area contributed by atoms with Crippen LogP contribution in [0.4, 0.5) is 0 Å². The first kappa shape index (κ1) is 7.76. The monoisotopic (exact) mass is 162 g/mol. The number of nitrogens with zero attached hydrogens (tertiary/aromatic N) is 2. The number of rotatable bonds is 0. The Labute approximate surface area is 68.7 Å². The summed E-state index contributed by atoms with van der Waals surface area (Å²) >= 11 is 0. The second-order valence-electron chi connectivity index (χ2n) is 2.05. The SMILES string of the molecule is N#CC1=C(N)NC(C#N)=C(N)N1. The molecule has 0 aliphatic carbocycles. The highest BCUT2D eigenvalue weighted by Crippen LogP contribution is 2.04. The van der Waals surface area contributed by atoms with Crippen LogP contribution in [-0.4, -0.2) is 0 Å². The predicted molar refractivity (Wildman–Crippen MR) is 39.9 cm³/mol. The van der Waals surface area contributed by atoms with E-state index in [0.29, 0.717) is 0 Å². The van der Waals surface area contributed by atoms with Crippen molar-refractivity contribution in [3.8, 4) is 12.1 Å². The van der Waals surface area contributed by atoms with Crippen molar-refractivity contribution in [2.45, 2.75) is 0 Å². The maximum absolute atomic E-state index is 8.49. The molecule has 6 N–H and O–H groups in total. The summed E-state index contributed by atoms with van der Waals surface area (Å²) in [6.45, 7) is 0. The third-order valence-electron chi connectivity index (χ3n) is 1.28. The molecular weight excluding hydrogens is 156 g/mol. The largest absolute Gasteiger partial charge is 0.383 e. The van der Waals surface area contributed by atoms with Crippen LogP contribution < -0.4 is 22.1 Å². The molecule has 0 saturated heterocycles. The van der Waals surface area contributed by atoms with Gasteiger partial charge in [0.25, 0.3) is 0 Å². The Bertz CT molecular complexity index is 313. The van der Waals surface area contributed by atoms with E-state index >= 15 is 0 Å². The first-order valence-corrected chi connectivity index (χ1v) is 3.02. The molecule has 0 unspecified atom stereocenters. The van der Waals surface area contributed by atoms with Crippen LogP contribution in [0.15, 0.2) is 23.0 Å². The van der Waals surface area contributed by atoms with Gasteiger partial charge in [-0.1, -0.05) is 0 Å². The zero-order valence-electron chi connectivity index (χ0n) is 6.05. The van der Waals surface area contributed by atoms with Gasteiger partial charge >= 0.3 is 0 Å². The number of nitriles is 2. The minimum Gasteiger partial charge on any atom is -0.383 e. The molecule has 0 atom stereocenters. The van der Waals surface area contributed by atoms with E-state index in [-0.39, 0.29) is 23.0 Å². The number of nitrogens with two attached hydrogens (primary N) is 2. The van der Waals surface area contributed by atoms with Gasteiger partial charge in [0.2, 0.25) is 0 Å². The highest BCUT2D eigenvalue weighted by molar-refractivity contribution is 5.39. The van der Waals surface area contributed by atoms with E-state index in [9.17, 15) is 0 Å². The fourth-order valence-corrected chi connectivity index (χ4v) is 0.705. The third kappa shape index (κ3) is 1.09. The van der Waals surface area contributed by atoms with Crippen LogP contribution in [-0.2, 0) is 0 Å². The van der Waals surface area contributed by atoms with E-state index in [2.05, 4.69) is 10.6 Å². The number of nitrogens with one attached hydrogen (secondary N) is 2. The average molecular weight is 162 g/mol. The van der Waals surface area contributed by atoms with Gasteiger partial charge in [-0.3, -0.25) is 0 Å². The standard InChI is InChI=1S/C6H6N6/c7-1-3-5(9)12-4(2-8)6(10)11-3/h11-12H,9-10H2. The topological polar surface area (TPSA) is 124 Å². The van der Waals surface area contributed by atoms with Gasteiger partial charge in [0, 0.05) is 0 Å². The van der Waals surface area contributed by atoms with E-state index in [4.69, 9.17) is 22.0 Å². The molecule has 0 radical (unpaired) electrons. The molecule has 12 heavy (non-hydrogen) atoms. The van der Waals surface area contributed by atoms with E-state index < -0.39 is 0 Å². The molecule has 0 amide bonds. The van der Waals surface area contributed by atoms with Gasteiger partial charge < -0.3 is 22.1 Å². The fraction of sp³-hybridized carbons (Fsp3) is 0. The van der Waals surface area contributed by atoms with Crippen LogP contribution in [0.3, 0.4) is 0 Å². The highest BCUT2D eigenvalue weighted by Gasteiger charge is 2.14. The van der Waals surface area contributed by atoms with E-state index in [1.165, 1.54) is 0 Å². The normalized spacial score (nSPS) is 15.8. The quantitative estimate of drug-likeness (QED) is 0.343. The Balaban J connectivity index is 2.98. The predicted octanol–water partition coefficient (Wildman–Crippen LogP) is -1.52. The summed E-state index contributed by atoms with van der Waals surface area (Å²) in [7, 11) is 0. The Morgan fingerprint density at radius 2 is 1.25 bits per heavy atom. The Kier molecular flexibility index (Phi) is 1.76. The van der Waals surface area contributed by atoms with Crippen LogP contribution >= 0.6 is 0 Å². The molecule has 1 aliphatic rings. The molecule has 0 bridgehead atoms. The Morgan fingerprint density at radius 1 is 0.917 bits per heavy atom. The van der Waals surface area contributed by atoms with Crippen LogP contribution in [0.5, 0.6) is 0 Å². The molecule has 1 rings (SSSR count). The van der Waals surface area contributed by atoms with Crippen molar-refractivity contribution in [3.05, 3.63) is 23.0 Å². The lowest BCUT2D eigenvalue weighted by Gasteiger charge is -2.16. The van der Waals surface area contributed by atoms with Crippen LogP contribution in [0.1, 0.15) is 0 Å². The Hall–Kier alpha value is -2.34. The third-order valence-corrected chi connectivity index (χ3v) is 1.28. The molecule has 1 aliphatic heterocycles. The molecule has 60 valence electrons. The van der Waals surface area contributed by atoms with Crippen molar-refractivity contribution in [1.82, 2.24) is 10.6 Å². The number of hydrogen-bond acceptors (Lipinski definition) is 6. The van der Waals surface area contributed by atoms with Gasteiger partial charge in [-0.05, 0) is 0 Å². The Morgan fingerprint density at radius 3 is 1.50 bits per heavy atom. The molecule has 0 aromatic rings. The van der Waals surface area contributed by atoms with Crippen molar-refractivity contribution in [2.24, 2.45) is 11.5 Å². The summed E-state index contributed by atoms with van der Waals surface area (Å²) in [6.07, 6.45) is 0. The van der Waals surface area contributed by atoms with Gasteiger partial charge in [0.15, 0.2) is 11.4 Å². The maximum Gasteiger partial charge on any atom is 0.159 e. The average Bonchev–Trinajstić information content (AvgIpc) is 2.08. The van der Waals surface area contributed by atoms with E-state index in [1.54, 1.807) is 12.1 Å². The number of hydrogen-bond donors (Lipinski definition) is 4.